The van der Waals surface area contributed by atoms with Gasteiger partial charge in [0.2, 0.25) is 17.7 Å². The molecule has 0 unspecified atom stereocenters. The molecule has 3 amide bonds. The van der Waals surface area contributed by atoms with Crippen LogP contribution in [0.2, 0.25) is 0 Å². The molecular weight excluding hydrogens is 282 g/mol. The van der Waals surface area contributed by atoms with Crippen molar-refractivity contribution in [2.45, 2.75) is 58.9 Å². The van der Waals surface area contributed by atoms with E-state index in [1.165, 1.54) is 4.90 Å². The number of rotatable bonds is 8. The molecule has 6 nitrogen and oxygen atoms in total. The molecule has 1 fully saturated rings. The fourth-order valence-corrected chi connectivity index (χ4v) is 2.92. The molecule has 0 radical (unpaired) electrons. The molecule has 0 aromatic carbocycles. The molecule has 3 N–H and O–H groups in total. The Kier molecular flexibility index (Phi) is 7.35. The smallest absolute Gasteiger partial charge is 0.245 e. The number of amides is 3. The number of carbonyl (C=O) groups excluding carboxylic acids is 3. The maximum Gasteiger partial charge on any atom is 0.245 e. The van der Waals surface area contributed by atoms with Crippen LogP contribution in [0.25, 0.3) is 0 Å². The fourth-order valence-electron chi connectivity index (χ4n) is 2.92. The summed E-state index contributed by atoms with van der Waals surface area (Å²) in [5.74, 6) is -0.507. The largest absolute Gasteiger partial charge is 0.368 e. The maximum atomic E-state index is 12.6. The van der Waals surface area contributed by atoms with Crippen LogP contribution in [-0.4, -0.2) is 41.8 Å². The van der Waals surface area contributed by atoms with Crippen LogP contribution in [0.5, 0.6) is 0 Å². The van der Waals surface area contributed by atoms with Gasteiger partial charge in [0, 0.05) is 12.5 Å². The summed E-state index contributed by atoms with van der Waals surface area (Å²) in [5.41, 5.74) is 5.19. The third kappa shape index (κ3) is 5.66. The van der Waals surface area contributed by atoms with E-state index in [2.05, 4.69) is 5.32 Å². The molecule has 22 heavy (non-hydrogen) atoms. The average Bonchev–Trinajstić information content (AvgIpc) is 2.96. The summed E-state index contributed by atoms with van der Waals surface area (Å²) in [7, 11) is 0. The monoisotopic (exact) mass is 311 g/mol. The second-order valence-electron chi connectivity index (χ2n) is 6.49. The lowest BCUT2D eigenvalue weighted by Gasteiger charge is -2.27. The van der Waals surface area contributed by atoms with E-state index in [1.54, 1.807) is 6.92 Å². The number of primary amides is 1. The number of likely N-dealkylation sites (N-methyl/N-ethyl adjacent to an activating group) is 1. The number of hydrogen-bond acceptors (Lipinski definition) is 3. The van der Waals surface area contributed by atoms with Crippen molar-refractivity contribution < 1.29 is 14.4 Å². The minimum Gasteiger partial charge on any atom is -0.368 e. The van der Waals surface area contributed by atoms with Crippen molar-refractivity contribution in [3.63, 3.8) is 0 Å². The lowest BCUT2D eigenvalue weighted by atomic mass is 10.0. The fraction of sp³-hybridized carbons (Fsp3) is 0.812. The highest BCUT2D eigenvalue weighted by molar-refractivity contribution is 5.90. The molecule has 126 valence electrons. The molecule has 0 bridgehead atoms. The van der Waals surface area contributed by atoms with Gasteiger partial charge in [0.25, 0.3) is 0 Å². The Hall–Kier alpha value is -1.59. The first-order chi connectivity index (χ1) is 10.3. The molecule has 0 spiro atoms. The standard InChI is InChI=1S/C16H29N3O3/c1-4-19(10-14(17)20)16(22)13(9-11(2)3)18-15(21)12-7-5-6-8-12/h11-13H,4-10H2,1-3H3,(H2,17,20)(H,18,21)/t13-/m0/s1. The van der Waals surface area contributed by atoms with Crippen molar-refractivity contribution in [1.82, 2.24) is 10.2 Å². The molecule has 1 rings (SSSR count). The first-order valence-corrected chi connectivity index (χ1v) is 8.22. The highest BCUT2D eigenvalue weighted by Gasteiger charge is 2.30. The van der Waals surface area contributed by atoms with E-state index in [1.807, 2.05) is 13.8 Å². The summed E-state index contributed by atoms with van der Waals surface area (Å²) in [4.78, 5) is 37.4. The summed E-state index contributed by atoms with van der Waals surface area (Å²) in [6, 6.07) is -0.576. The van der Waals surface area contributed by atoms with Gasteiger partial charge in [-0.25, -0.2) is 0 Å². The van der Waals surface area contributed by atoms with Crippen LogP contribution >= 0.6 is 0 Å². The van der Waals surface area contributed by atoms with Crippen LogP contribution in [0.4, 0.5) is 0 Å². The number of nitrogens with one attached hydrogen (secondary N) is 1. The van der Waals surface area contributed by atoms with Gasteiger partial charge in [-0.1, -0.05) is 26.7 Å². The zero-order valence-corrected chi connectivity index (χ0v) is 13.9. The number of nitrogens with zero attached hydrogens (tertiary/aromatic N) is 1. The summed E-state index contributed by atoms with van der Waals surface area (Å²) < 4.78 is 0. The second-order valence-corrected chi connectivity index (χ2v) is 6.49. The normalized spacial score (nSPS) is 16.5. The van der Waals surface area contributed by atoms with Crippen molar-refractivity contribution in [3.05, 3.63) is 0 Å². The number of hydrogen-bond donors (Lipinski definition) is 2. The van der Waals surface area contributed by atoms with E-state index in [0.717, 1.165) is 25.7 Å². The Morgan fingerprint density at radius 2 is 1.82 bits per heavy atom. The minimum absolute atomic E-state index is 0.0219. The summed E-state index contributed by atoms with van der Waals surface area (Å²) in [5, 5.41) is 2.90. The first-order valence-electron chi connectivity index (χ1n) is 8.22. The van der Waals surface area contributed by atoms with Gasteiger partial charge < -0.3 is 16.0 Å². The third-order valence-corrected chi connectivity index (χ3v) is 4.09. The Bertz CT molecular complexity index is 403. The van der Waals surface area contributed by atoms with Crippen LogP contribution in [0.1, 0.15) is 52.9 Å². The Morgan fingerprint density at radius 1 is 1.23 bits per heavy atom. The van der Waals surface area contributed by atoms with Gasteiger partial charge >= 0.3 is 0 Å². The van der Waals surface area contributed by atoms with Gasteiger partial charge in [-0.3, -0.25) is 14.4 Å². The van der Waals surface area contributed by atoms with Crippen molar-refractivity contribution in [2.24, 2.45) is 17.6 Å². The van der Waals surface area contributed by atoms with Crippen LogP contribution < -0.4 is 11.1 Å². The van der Waals surface area contributed by atoms with E-state index < -0.39 is 11.9 Å². The SMILES string of the molecule is CCN(CC(N)=O)C(=O)[C@H](CC(C)C)NC(=O)C1CCCC1. The summed E-state index contributed by atoms with van der Waals surface area (Å²) >= 11 is 0. The van der Waals surface area contributed by atoms with E-state index >= 15 is 0 Å². The lowest BCUT2D eigenvalue weighted by molar-refractivity contribution is -0.139. The number of carbonyl (C=O) groups is 3. The topological polar surface area (TPSA) is 92.5 Å². The van der Waals surface area contributed by atoms with Gasteiger partial charge in [0.1, 0.15) is 6.04 Å². The molecule has 0 aliphatic heterocycles. The molecule has 1 atom stereocenters. The summed E-state index contributed by atoms with van der Waals surface area (Å²) in [6.45, 7) is 6.10. The Balaban J connectivity index is 2.74. The lowest BCUT2D eigenvalue weighted by Crippen LogP contribution is -2.52. The van der Waals surface area contributed by atoms with E-state index in [9.17, 15) is 14.4 Å². The van der Waals surface area contributed by atoms with Gasteiger partial charge in [-0.05, 0) is 32.1 Å². The Morgan fingerprint density at radius 3 is 2.27 bits per heavy atom. The van der Waals surface area contributed by atoms with Gasteiger partial charge in [-0.15, -0.1) is 0 Å². The molecule has 0 heterocycles. The van der Waals surface area contributed by atoms with Crippen molar-refractivity contribution in [3.8, 4) is 0 Å². The van der Waals surface area contributed by atoms with E-state index in [0.29, 0.717) is 13.0 Å². The third-order valence-electron chi connectivity index (χ3n) is 4.09. The highest BCUT2D eigenvalue weighted by Crippen LogP contribution is 2.25. The number of nitrogens with two attached hydrogens (primary N) is 1. The van der Waals surface area contributed by atoms with Gasteiger partial charge in [0.15, 0.2) is 0 Å². The first kappa shape index (κ1) is 18.5. The second kappa shape index (κ2) is 8.76. The van der Waals surface area contributed by atoms with Crippen LogP contribution in [-0.2, 0) is 14.4 Å². The quantitative estimate of drug-likeness (QED) is 0.701. The van der Waals surface area contributed by atoms with Gasteiger partial charge in [-0.2, -0.15) is 0 Å². The zero-order chi connectivity index (χ0) is 16.7. The molecule has 1 saturated carbocycles. The van der Waals surface area contributed by atoms with E-state index in [-0.39, 0.29) is 30.2 Å². The predicted octanol–water partition coefficient (Wildman–Crippen LogP) is 1.04. The van der Waals surface area contributed by atoms with Crippen LogP contribution in [0.15, 0.2) is 0 Å². The predicted molar refractivity (Wildman–Crippen MR) is 84.8 cm³/mol. The molecule has 0 saturated heterocycles. The summed E-state index contributed by atoms with van der Waals surface area (Å²) in [6.07, 6.45) is 4.50. The van der Waals surface area contributed by atoms with Gasteiger partial charge in [0.05, 0.1) is 6.54 Å². The highest BCUT2D eigenvalue weighted by atomic mass is 16.2. The molecule has 1 aliphatic rings. The van der Waals surface area contributed by atoms with Crippen molar-refractivity contribution >= 4 is 17.7 Å². The van der Waals surface area contributed by atoms with E-state index in [4.69, 9.17) is 5.73 Å². The molecule has 6 heteroatoms. The van der Waals surface area contributed by atoms with Crippen molar-refractivity contribution in [1.29, 1.82) is 0 Å². The van der Waals surface area contributed by atoms with Crippen LogP contribution in [0, 0.1) is 11.8 Å². The minimum atomic E-state index is -0.576. The zero-order valence-electron chi connectivity index (χ0n) is 13.9. The Labute approximate surface area is 132 Å². The van der Waals surface area contributed by atoms with Crippen LogP contribution in [0.3, 0.4) is 0 Å². The molecule has 0 aromatic rings. The molecule has 0 aromatic heterocycles. The molecular formula is C16H29N3O3. The maximum absolute atomic E-state index is 12.6. The van der Waals surface area contributed by atoms with Crippen molar-refractivity contribution in [2.75, 3.05) is 13.1 Å². The average molecular weight is 311 g/mol. The molecule has 1 aliphatic carbocycles.